The van der Waals surface area contributed by atoms with E-state index in [2.05, 4.69) is 80.7 Å². The number of aliphatic imine (C=N–C) groups is 1. The van der Waals surface area contributed by atoms with Gasteiger partial charge < -0.3 is 23.6 Å². The zero-order valence-corrected chi connectivity index (χ0v) is 25.9. The van der Waals surface area contributed by atoms with Crippen LogP contribution in [0.25, 0.3) is 0 Å². The van der Waals surface area contributed by atoms with Crippen LogP contribution in [0.1, 0.15) is 37.5 Å². The molecule has 2 atom stereocenters. The Bertz CT molecular complexity index is 1560. The Kier molecular flexibility index (Phi) is 7.13. The van der Waals surface area contributed by atoms with Crippen molar-refractivity contribution in [3.8, 4) is 11.5 Å². The summed E-state index contributed by atoms with van der Waals surface area (Å²) in [5.41, 5.74) is 6.25. The number of ether oxygens (including phenoxy) is 3. The zero-order chi connectivity index (χ0) is 28.9. The van der Waals surface area contributed by atoms with Crippen molar-refractivity contribution in [2.75, 3.05) is 52.5 Å². The monoisotopic (exact) mass is 574 g/mol. The first-order valence-corrected chi connectivity index (χ1v) is 15.7. The van der Waals surface area contributed by atoms with Gasteiger partial charge in [-0.05, 0) is 61.9 Å². The lowest BCUT2D eigenvalue weighted by atomic mass is 9.81. The van der Waals surface area contributed by atoms with Crippen LogP contribution in [0.4, 0.5) is 17.1 Å². The van der Waals surface area contributed by atoms with Gasteiger partial charge in [-0.25, -0.2) is 14.4 Å². The number of hydrogen-bond acceptors (Lipinski definition) is 7. The largest absolute Gasteiger partial charge is 0.493 e. The summed E-state index contributed by atoms with van der Waals surface area (Å²) >= 11 is 0. The Morgan fingerprint density at radius 3 is 2.37 bits per heavy atom. The lowest BCUT2D eigenvalue weighted by Gasteiger charge is -2.41. The van der Waals surface area contributed by atoms with E-state index in [0.717, 1.165) is 35.3 Å². The second kappa shape index (κ2) is 10.5. The summed E-state index contributed by atoms with van der Waals surface area (Å²) in [5, 5.41) is 1.05. The molecular weight excluding hydrogens is 535 g/mol. The Balaban J connectivity index is 1.65. The first-order valence-electron chi connectivity index (χ1n) is 14.1. The summed E-state index contributed by atoms with van der Waals surface area (Å²) in [6.07, 6.45) is 0. The van der Waals surface area contributed by atoms with Crippen molar-refractivity contribution >= 4 is 35.7 Å². The number of likely N-dealkylation sites (N-methyl/N-ethyl adjacent to an activating group) is 1. The fraction of sp³-hybridized carbons (Fsp3) is 0.406. The van der Waals surface area contributed by atoms with E-state index in [1.165, 1.54) is 16.8 Å². The Morgan fingerprint density at radius 2 is 1.68 bits per heavy atom. The second-order valence-electron chi connectivity index (χ2n) is 11.5. The highest BCUT2D eigenvalue weighted by Crippen LogP contribution is 2.61. The van der Waals surface area contributed by atoms with E-state index in [-0.39, 0.29) is 5.41 Å². The number of benzene rings is 3. The molecule has 0 aliphatic carbocycles. The number of fused-ring (bicyclic) bond motifs is 2. The molecule has 8 nitrogen and oxygen atoms in total. The van der Waals surface area contributed by atoms with Gasteiger partial charge in [-0.2, -0.15) is 0 Å². The van der Waals surface area contributed by atoms with E-state index < -0.39 is 7.43 Å². The Hall–Kier alpha value is -3.32. The molecule has 1 fully saturated rings. The van der Waals surface area contributed by atoms with Gasteiger partial charge in [0, 0.05) is 42.8 Å². The fourth-order valence-corrected chi connectivity index (χ4v) is 8.98. The molecule has 0 spiro atoms. The molecule has 3 aliphatic heterocycles. The highest BCUT2D eigenvalue weighted by molar-refractivity contribution is 7.68. The molecule has 0 amide bonds. The third-order valence-corrected chi connectivity index (χ3v) is 11.9. The van der Waals surface area contributed by atoms with Crippen LogP contribution in [-0.4, -0.2) is 64.2 Å². The standard InChI is InChI=1S/C32H39N4O4P/c1-21-8-11-24(12-9-21)34-41(36-14-16-39-17-15-36)30-19-25-27(35(5)22(2)32(25,3)4)20-26(30)33-31(40-41)23-10-13-28(37-6)29(18-23)38-7/h8-13,18-20,22H,14-17H2,1-7H3. The first-order chi connectivity index (χ1) is 19.7. The summed E-state index contributed by atoms with van der Waals surface area (Å²) in [5.74, 6) is 1.81. The maximum atomic E-state index is 7.17. The minimum atomic E-state index is -2.83. The van der Waals surface area contributed by atoms with Crippen LogP contribution in [0.2, 0.25) is 0 Å². The van der Waals surface area contributed by atoms with E-state index in [1.54, 1.807) is 14.2 Å². The highest BCUT2D eigenvalue weighted by Gasteiger charge is 2.46. The molecule has 0 aromatic heterocycles. The van der Waals surface area contributed by atoms with Crippen molar-refractivity contribution in [2.24, 2.45) is 9.74 Å². The fourth-order valence-electron chi connectivity index (χ4n) is 5.94. The van der Waals surface area contributed by atoms with Crippen LogP contribution in [0.15, 0.2) is 64.3 Å². The topological polar surface area (TPSA) is 68.1 Å². The van der Waals surface area contributed by atoms with Crippen molar-refractivity contribution < 1.29 is 18.7 Å². The third-order valence-electron chi connectivity index (χ3n) is 8.83. The molecule has 3 aromatic carbocycles. The molecule has 0 N–H and O–H groups in total. The van der Waals surface area contributed by atoms with Crippen LogP contribution >= 0.6 is 7.43 Å². The SMILES string of the molecule is COc1ccc(C2=Nc3cc4c(cc3P(=Nc3ccc(C)cc3)(N3CCOCC3)O2)C(C)(C)C(C)N4C)cc1OC. The number of methoxy groups -OCH3 is 2. The summed E-state index contributed by atoms with van der Waals surface area (Å²) < 4.78 is 32.0. The maximum Gasteiger partial charge on any atom is 0.242 e. The molecule has 0 saturated carbocycles. The smallest absolute Gasteiger partial charge is 0.242 e. The van der Waals surface area contributed by atoms with Crippen LogP contribution < -0.4 is 19.7 Å². The second-order valence-corrected chi connectivity index (χ2v) is 14.0. The molecule has 216 valence electrons. The van der Waals surface area contributed by atoms with E-state index >= 15 is 0 Å². The number of morpholine rings is 1. The minimum Gasteiger partial charge on any atom is -0.493 e. The summed E-state index contributed by atoms with van der Waals surface area (Å²) in [6.45, 7) is 11.7. The van der Waals surface area contributed by atoms with Gasteiger partial charge in [0.05, 0.1) is 44.1 Å². The van der Waals surface area contributed by atoms with Gasteiger partial charge >= 0.3 is 0 Å². The van der Waals surface area contributed by atoms with Crippen LogP contribution in [0, 0.1) is 6.92 Å². The predicted molar refractivity (Wildman–Crippen MR) is 166 cm³/mol. The summed E-state index contributed by atoms with van der Waals surface area (Å²) in [7, 11) is 2.62. The number of anilines is 1. The van der Waals surface area contributed by atoms with Crippen molar-refractivity contribution in [1.29, 1.82) is 0 Å². The number of hydrogen-bond donors (Lipinski definition) is 0. The van der Waals surface area contributed by atoms with Crippen molar-refractivity contribution in [1.82, 2.24) is 4.67 Å². The molecule has 6 rings (SSSR count). The molecular formula is C32H39N4O4P. The number of rotatable bonds is 5. The van der Waals surface area contributed by atoms with Gasteiger partial charge in [0.15, 0.2) is 11.5 Å². The van der Waals surface area contributed by atoms with Gasteiger partial charge in [-0.3, -0.25) is 0 Å². The van der Waals surface area contributed by atoms with Crippen LogP contribution in [0.5, 0.6) is 11.5 Å². The molecule has 2 unspecified atom stereocenters. The average molecular weight is 575 g/mol. The van der Waals surface area contributed by atoms with Gasteiger partial charge in [-0.15, -0.1) is 0 Å². The average Bonchev–Trinajstić information content (AvgIpc) is 3.16. The molecule has 9 heteroatoms. The third kappa shape index (κ3) is 4.62. The van der Waals surface area contributed by atoms with E-state index in [9.17, 15) is 0 Å². The highest BCUT2D eigenvalue weighted by atomic mass is 31.2. The predicted octanol–water partition coefficient (Wildman–Crippen LogP) is 6.56. The van der Waals surface area contributed by atoms with Crippen molar-refractivity contribution in [3.05, 3.63) is 71.3 Å². The van der Waals surface area contributed by atoms with Crippen molar-refractivity contribution in [2.45, 2.75) is 39.2 Å². The van der Waals surface area contributed by atoms with Crippen LogP contribution in [0.3, 0.4) is 0 Å². The van der Waals surface area contributed by atoms with E-state index in [0.29, 0.717) is 36.7 Å². The summed E-state index contributed by atoms with van der Waals surface area (Å²) in [4.78, 5) is 7.52. The van der Waals surface area contributed by atoms with Crippen molar-refractivity contribution in [3.63, 3.8) is 0 Å². The number of nitrogens with zero attached hydrogens (tertiary/aromatic N) is 4. The Morgan fingerprint density at radius 1 is 0.976 bits per heavy atom. The maximum absolute atomic E-state index is 7.17. The van der Waals surface area contributed by atoms with E-state index in [1.807, 2.05) is 18.2 Å². The molecule has 3 aliphatic rings. The molecule has 3 heterocycles. The number of aryl methyl sites for hydroxylation is 1. The molecule has 0 radical (unpaired) electrons. The normalized spacial score (nSPS) is 23.2. The van der Waals surface area contributed by atoms with Gasteiger partial charge in [0.25, 0.3) is 0 Å². The van der Waals surface area contributed by atoms with Gasteiger partial charge in [0.2, 0.25) is 13.3 Å². The van der Waals surface area contributed by atoms with Crippen LogP contribution in [-0.2, 0) is 14.7 Å². The van der Waals surface area contributed by atoms with E-state index in [4.69, 9.17) is 28.5 Å². The lowest BCUT2D eigenvalue weighted by Crippen LogP contribution is -2.39. The Labute approximate surface area is 243 Å². The summed E-state index contributed by atoms with van der Waals surface area (Å²) in [6, 6.07) is 19.0. The van der Waals surface area contributed by atoms with Gasteiger partial charge in [0.1, 0.15) is 0 Å². The quantitative estimate of drug-likeness (QED) is 0.322. The molecule has 41 heavy (non-hydrogen) atoms. The minimum absolute atomic E-state index is 0.0447. The lowest BCUT2D eigenvalue weighted by molar-refractivity contribution is 0.0716. The molecule has 3 aromatic rings. The molecule has 0 bridgehead atoms. The zero-order valence-electron chi connectivity index (χ0n) is 25.0. The van der Waals surface area contributed by atoms with Gasteiger partial charge in [-0.1, -0.05) is 31.5 Å². The first kappa shape index (κ1) is 27.8. The molecule has 1 saturated heterocycles.